The van der Waals surface area contributed by atoms with Gasteiger partial charge >= 0.3 is 6.18 Å². The maximum Gasteiger partial charge on any atom is 0.416 e. The van der Waals surface area contributed by atoms with Crippen LogP contribution in [0.4, 0.5) is 13.2 Å². The summed E-state index contributed by atoms with van der Waals surface area (Å²) in [5.74, 6) is 0.696. The van der Waals surface area contributed by atoms with Gasteiger partial charge in [0.1, 0.15) is 0 Å². The smallest absolute Gasteiger partial charge is 0.325 e. The van der Waals surface area contributed by atoms with Crippen LogP contribution in [0.2, 0.25) is 0 Å². The van der Waals surface area contributed by atoms with Crippen molar-refractivity contribution in [2.45, 2.75) is 23.6 Å². The van der Waals surface area contributed by atoms with E-state index in [4.69, 9.17) is 5.73 Å². The predicted molar refractivity (Wildman–Crippen MR) is 104 cm³/mol. The van der Waals surface area contributed by atoms with E-state index in [1.165, 1.54) is 23.9 Å². The molecular formula is C19H17ClF3N3S. The molecule has 1 aromatic heterocycles. The molecule has 0 bridgehead atoms. The van der Waals surface area contributed by atoms with Crippen LogP contribution in [0.3, 0.4) is 0 Å². The molecule has 0 atom stereocenters. The molecule has 0 amide bonds. The molecule has 3 nitrogen and oxygen atoms in total. The van der Waals surface area contributed by atoms with Gasteiger partial charge in [0, 0.05) is 17.9 Å². The van der Waals surface area contributed by atoms with Gasteiger partial charge in [0.2, 0.25) is 0 Å². The second-order valence-electron chi connectivity index (χ2n) is 5.58. The highest BCUT2D eigenvalue weighted by atomic mass is 35.5. The van der Waals surface area contributed by atoms with E-state index in [9.17, 15) is 13.2 Å². The highest BCUT2D eigenvalue weighted by Gasteiger charge is 2.30. The van der Waals surface area contributed by atoms with Crippen molar-refractivity contribution in [3.05, 3.63) is 77.5 Å². The molecule has 0 aliphatic heterocycles. The van der Waals surface area contributed by atoms with Crippen LogP contribution < -0.4 is 5.73 Å². The van der Waals surface area contributed by atoms with Gasteiger partial charge in [-0.15, -0.1) is 12.4 Å². The first-order valence-electron chi connectivity index (χ1n) is 7.88. The van der Waals surface area contributed by atoms with Crippen molar-refractivity contribution in [2.24, 2.45) is 5.73 Å². The van der Waals surface area contributed by atoms with Crippen LogP contribution in [0, 0.1) is 0 Å². The Hall–Kier alpha value is -2.09. The molecule has 1 heterocycles. The van der Waals surface area contributed by atoms with Crippen LogP contribution in [-0.2, 0) is 18.5 Å². The first-order valence-corrected chi connectivity index (χ1v) is 8.86. The van der Waals surface area contributed by atoms with Crippen molar-refractivity contribution in [1.82, 2.24) is 9.97 Å². The fourth-order valence-electron chi connectivity index (χ4n) is 2.34. The lowest BCUT2D eigenvalue weighted by Gasteiger charge is -2.09. The van der Waals surface area contributed by atoms with E-state index in [0.717, 1.165) is 17.7 Å². The van der Waals surface area contributed by atoms with Crippen molar-refractivity contribution in [3.8, 4) is 11.3 Å². The van der Waals surface area contributed by atoms with E-state index < -0.39 is 11.7 Å². The number of benzene rings is 2. The average Bonchev–Trinajstić information content (AvgIpc) is 2.66. The lowest BCUT2D eigenvalue weighted by atomic mass is 10.1. The van der Waals surface area contributed by atoms with Gasteiger partial charge in [-0.05, 0) is 23.8 Å². The molecular weight excluding hydrogens is 395 g/mol. The van der Waals surface area contributed by atoms with E-state index in [0.29, 0.717) is 27.9 Å². The van der Waals surface area contributed by atoms with E-state index >= 15 is 0 Å². The maximum atomic E-state index is 12.7. The van der Waals surface area contributed by atoms with E-state index in [1.807, 2.05) is 30.3 Å². The third-order valence-corrected chi connectivity index (χ3v) is 4.61. The molecule has 0 aliphatic carbocycles. The predicted octanol–water partition coefficient (Wildman–Crippen LogP) is 5.34. The minimum atomic E-state index is -4.36. The second-order valence-corrected chi connectivity index (χ2v) is 6.52. The zero-order valence-corrected chi connectivity index (χ0v) is 15.7. The monoisotopic (exact) mass is 411 g/mol. The van der Waals surface area contributed by atoms with Gasteiger partial charge in [0.05, 0.1) is 17.0 Å². The van der Waals surface area contributed by atoms with Crippen molar-refractivity contribution in [3.63, 3.8) is 0 Å². The standard InChI is InChI=1S/C19H16F3N3S.ClH/c20-19(21,22)15-8-6-14(7-9-15)17-10-16(11-23)24-18(25-17)26-12-13-4-2-1-3-5-13;/h1-10H,11-12,23H2;1H. The number of hydrogen-bond donors (Lipinski definition) is 1. The summed E-state index contributed by atoms with van der Waals surface area (Å²) in [5, 5.41) is 0.548. The summed E-state index contributed by atoms with van der Waals surface area (Å²) >= 11 is 1.46. The minimum Gasteiger partial charge on any atom is -0.325 e. The van der Waals surface area contributed by atoms with Crippen LogP contribution in [0.5, 0.6) is 0 Å². The van der Waals surface area contributed by atoms with Gasteiger partial charge in [0.25, 0.3) is 0 Å². The van der Waals surface area contributed by atoms with Crippen molar-refractivity contribution < 1.29 is 13.2 Å². The van der Waals surface area contributed by atoms with E-state index in [-0.39, 0.29) is 19.0 Å². The highest BCUT2D eigenvalue weighted by Crippen LogP contribution is 2.31. The summed E-state index contributed by atoms with van der Waals surface area (Å²) in [6.07, 6.45) is -4.36. The Morgan fingerprint density at radius 3 is 2.19 bits per heavy atom. The molecule has 2 aromatic carbocycles. The molecule has 3 aromatic rings. The second kappa shape index (κ2) is 9.21. The van der Waals surface area contributed by atoms with Crippen LogP contribution in [0.1, 0.15) is 16.8 Å². The Morgan fingerprint density at radius 2 is 1.59 bits per heavy atom. The summed E-state index contributed by atoms with van der Waals surface area (Å²) in [6, 6.07) is 16.5. The summed E-state index contributed by atoms with van der Waals surface area (Å²) in [6.45, 7) is 0.231. The fourth-order valence-corrected chi connectivity index (χ4v) is 3.18. The largest absolute Gasteiger partial charge is 0.416 e. The Labute approximate surface area is 165 Å². The molecule has 2 N–H and O–H groups in total. The molecule has 0 fully saturated rings. The van der Waals surface area contributed by atoms with Crippen molar-refractivity contribution in [1.29, 1.82) is 0 Å². The fraction of sp³-hybridized carbons (Fsp3) is 0.158. The number of thioether (sulfide) groups is 1. The molecule has 8 heteroatoms. The van der Waals surface area contributed by atoms with E-state index in [2.05, 4.69) is 9.97 Å². The highest BCUT2D eigenvalue weighted by molar-refractivity contribution is 7.98. The molecule has 142 valence electrons. The number of alkyl halides is 3. The van der Waals surface area contributed by atoms with Gasteiger partial charge in [0.15, 0.2) is 5.16 Å². The lowest BCUT2D eigenvalue weighted by molar-refractivity contribution is -0.137. The van der Waals surface area contributed by atoms with Gasteiger partial charge < -0.3 is 5.73 Å². The zero-order chi connectivity index (χ0) is 18.6. The summed E-state index contributed by atoms with van der Waals surface area (Å²) in [4.78, 5) is 8.87. The van der Waals surface area contributed by atoms with Crippen LogP contribution >= 0.6 is 24.2 Å². The number of aromatic nitrogens is 2. The normalized spacial score (nSPS) is 11.1. The van der Waals surface area contributed by atoms with E-state index in [1.54, 1.807) is 6.07 Å². The van der Waals surface area contributed by atoms with Crippen molar-refractivity contribution >= 4 is 24.2 Å². The topological polar surface area (TPSA) is 51.8 Å². The molecule has 0 saturated heterocycles. The number of nitrogens with zero attached hydrogens (tertiary/aromatic N) is 2. The third kappa shape index (κ3) is 5.69. The molecule has 3 rings (SSSR count). The van der Waals surface area contributed by atoms with Crippen LogP contribution in [-0.4, -0.2) is 9.97 Å². The Morgan fingerprint density at radius 1 is 0.926 bits per heavy atom. The molecule has 0 unspecified atom stereocenters. The first-order chi connectivity index (χ1) is 12.5. The maximum absolute atomic E-state index is 12.7. The number of halogens is 4. The van der Waals surface area contributed by atoms with Crippen LogP contribution in [0.25, 0.3) is 11.3 Å². The number of hydrogen-bond acceptors (Lipinski definition) is 4. The summed E-state index contributed by atoms with van der Waals surface area (Å²) in [7, 11) is 0. The Bertz CT molecular complexity index is 872. The zero-order valence-electron chi connectivity index (χ0n) is 14.1. The first kappa shape index (κ1) is 21.2. The van der Waals surface area contributed by atoms with Gasteiger partial charge in [-0.25, -0.2) is 9.97 Å². The lowest BCUT2D eigenvalue weighted by Crippen LogP contribution is -2.05. The van der Waals surface area contributed by atoms with Gasteiger partial charge in [-0.1, -0.05) is 54.2 Å². The minimum absolute atomic E-state index is 0. The van der Waals surface area contributed by atoms with Crippen molar-refractivity contribution in [2.75, 3.05) is 0 Å². The van der Waals surface area contributed by atoms with Gasteiger partial charge in [-0.3, -0.25) is 0 Å². The molecule has 0 saturated carbocycles. The Balaban J connectivity index is 0.00000261. The number of rotatable bonds is 5. The molecule has 0 radical (unpaired) electrons. The quantitative estimate of drug-likeness (QED) is 0.455. The third-order valence-electron chi connectivity index (χ3n) is 3.69. The molecule has 0 spiro atoms. The number of nitrogens with two attached hydrogens (primary N) is 1. The Kier molecular flexibility index (Phi) is 7.24. The molecule has 27 heavy (non-hydrogen) atoms. The molecule has 0 aliphatic rings. The summed E-state index contributed by atoms with van der Waals surface area (Å²) in [5.41, 5.74) is 7.95. The van der Waals surface area contributed by atoms with Gasteiger partial charge in [-0.2, -0.15) is 13.2 Å². The average molecular weight is 412 g/mol. The SMILES string of the molecule is Cl.NCc1cc(-c2ccc(C(F)(F)F)cc2)nc(SCc2ccccc2)n1. The summed E-state index contributed by atoms with van der Waals surface area (Å²) < 4.78 is 38.2. The van der Waals surface area contributed by atoms with Crippen LogP contribution in [0.15, 0.2) is 65.8 Å².